The summed E-state index contributed by atoms with van der Waals surface area (Å²) in [7, 11) is 0. The molecule has 7 heteroatoms. The molecule has 1 aromatic rings. The normalized spacial score (nSPS) is 23.7. The Morgan fingerprint density at radius 3 is 1.90 bits per heavy atom. The van der Waals surface area contributed by atoms with E-state index in [4.69, 9.17) is 34.8 Å². The van der Waals surface area contributed by atoms with Crippen molar-refractivity contribution < 1.29 is 13.2 Å². The molecule has 0 unspecified atom stereocenters. The Labute approximate surface area is 130 Å². The van der Waals surface area contributed by atoms with Gasteiger partial charge in [-0.15, -0.1) is 0 Å². The molecule has 0 saturated heterocycles. The second-order valence-electron chi connectivity index (χ2n) is 4.98. The molecule has 1 aliphatic rings. The molecule has 0 atom stereocenters. The number of benzene rings is 1. The fraction of sp³-hybridized carbons (Fsp3) is 0.538. The first-order chi connectivity index (χ1) is 9.27. The number of hydrogen-bond donors (Lipinski definition) is 1. The lowest BCUT2D eigenvalue weighted by molar-refractivity contribution is -0.182. The number of alkyl halides is 3. The molecule has 1 aromatic carbocycles. The van der Waals surface area contributed by atoms with Crippen LogP contribution in [-0.2, 0) is 0 Å². The van der Waals surface area contributed by atoms with Gasteiger partial charge in [0.05, 0.1) is 21.7 Å². The molecule has 20 heavy (non-hydrogen) atoms. The summed E-state index contributed by atoms with van der Waals surface area (Å²) < 4.78 is 37.8. The molecule has 0 amide bonds. The van der Waals surface area contributed by atoms with Crippen LogP contribution in [0.15, 0.2) is 12.1 Å². The standard InChI is InChI=1S/C13H13Cl3F3N/c14-8-5-10(15)12(11(16)6-8)20-9-3-1-7(2-4-9)13(17,18)19/h5-7,9,20H,1-4H2. The van der Waals surface area contributed by atoms with Crippen LogP contribution in [0.25, 0.3) is 0 Å². The zero-order chi connectivity index (χ0) is 14.9. The molecule has 1 aliphatic carbocycles. The third kappa shape index (κ3) is 3.86. The van der Waals surface area contributed by atoms with Crippen LogP contribution in [0.4, 0.5) is 18.9 Å². The number of nitrogens with one attached hydrogen (secondary N) is 1. The minimum atomic E-state index is -4.10. The highest BCUT2D eigenvalue weighted by Gasteiger charge is 2.41. The fourth-order valence-electron chi connectivity index (χ4n) is 2.45. The molecule has 1 saturated carbocycles. The summed E-state index contributed by atoms with van der Waals surface area (Å²) in [6, 6.07) is 3.06. The average molecular weight is 347 g/mol. The molecular formula is C13H13Cl3F3N. The Kier molecular flexibility index (Phi) is 4.98. The van der Waals surface area contributed by atoms with E-state index in [1.54, 1.807) is 12.1 Å². The molecule has 1 nitrogen and oxygen atoms in total. The molecule has 1 fully saturated rings. The van der Waals surface area contributed by atoms with Gasteiger partial charge in [-0.3, -0.25) is 0 Å². The summed E-state index contributed by atoms with van der Waals surface area (Å²) in [5, 5.41) is 4.30. The summed E-state index contributed by atoms with van der Waals surface area (Å²) >= 11 is 17.9. The van der Waals surface area contributed by atoms with E-state index >= 15 is 0 Å². The third-order valence-corrected chi connectivity index (χ3v) is 4.36. The first-order valence-corrected chi connectivity index (χ1v) is 7.38. The number of anilines is 1. The maximum absolute atomic E-state index is 12.6. The van der Waals surface area contributed by atoms with Crippen molar-refractivity contribution in [2.75, 3.05) is 5.32 Å². The molecule has 0 aromatic heterocycles. The van der Waals surface area contributed by atoms with Crippen LogP contribution in [0.1, 0.15) is 25.7 Å². The topological polar surface area (TPSA) is 12.0 Å². The average Bonchev–Trinajstić information content (AvgIpc) is 2.33. The zero-order valence-electron chi connectivity index (χ0n) is 10.4. The molecule has 0 bridgehead atoms. The van der Waals surface area contributed by atoms with Crippen LogP contribution < -0.4 is 5.32 Å². The molecule has 0 radical (unpaired) electrons. The van der Waals surface area contributed by atoms with Gasteiger partial charge in [0.2, 0.25) is 0 Å². The summed E-state index contributed by atoms with van der Waals surface area (Å²) in [5.41, 5.74) is 0.535. The van der Waals surface area contributed by atoms with Gasteiger partial charge in [-0.25, -0.2) is 0 Å². The molecule has 2 rings (SSSR count). The second-order valence-corrected chi connectivity index (χ2v) is 6.23. The van der Waals surface area contributed by atoms with Gasteiger partial charge in [0, 0.05) is 11.1 Å². The number of rotatable bonds is 2. The summed E-state index contributed by atoms with van der Waals surface area (Å²) in [5.74, 6) is -1.20. The van der Waals surface area contributed by atoms with E-state index in [9.17, 15) is 13.2 Å². The van der Waals surface area contributed by atoms with Crippen molar-refractivity contribution in [1.29, 1.82) is 0 Å². The van der Waals surface area contributed by atoms with Gasteiger partial charge < -0.3 is 5.32 Å². The van der Waals surface area contributed by atoms with E-state index in [2.05, 4.69) is 5.32 Å². The minimum absolute atomic E-state index is 0.0511. The maximum atomic E-state index is 12.6. The van der Waals surface area contributed by atoms with Gasteiger partial charge >= 0.3 is 6.18 Å². The maximum Gasteiger partial charge on any atom is 0.391 e. The smallest absolute Gasteiger partial charge is 0.380 e. The SMILES string of the molecule is FC(F)(F)C1CCC(Nc2c(Cl)cc(Cl)cc2Cl)CC1. The first-order valence-electron chi connectivity index (χ1n) is 6.25. The lowest BCUT2D eigenvalue weighted by Gasteiger charge is -2.31. The summed E-state index contributed by atoms with van der Waals surface area (Å²) in [6.07, 6.45) is -2.95. The van der Waals surface area contributed by atoms with Crippen molar-refractivity contribution in [3.8, 4) is 0 Å². The summed E-state index contributed by atoms with van der Waals surface area (Å²) in [4.78, 5) is 0. The first kappa shape index (κ1) is 16.1. The van der Waals surface area contributed by atoms with Gasteiger partial charge in [0.1, 0.15) is 0 Å². The van der Waals surface area contributed by atoms with Crippen molar-refractivity contribution in [2.45, 2.75) is 37.9 Å². The Morgan fingerprint density at radius 1 is 0.950 bits per heavy atom. The minimum Gasteiger partial charge on any atom is -0.380 e. The number of hydrogen-bond acceptors (Lipinski definition) is 1. The molecule has 0 aliphatic heterocycles. The van der Waals surface area contributed by atoms with Crippen molar-refractivity contribution in [2.24, 2.45) is 5.92 Å². The van der Waals surface area contributed by atoms with E-state index in [0.29, 0.717) is 33.6 Å². The van der Waals surface area contributed by atoms with Crippen LogP contribution in [0.5, 0.6) is 0 Å². The largest absolute Gasteiger partial charge is 0.391 e. The van der Waals surface area contributed by atoms with Gasteiger partial charge in [0.25, 0.3) is 0 Å². The highest BCUT2D eigenvalue weighted by molar-refractivity contribution is 6.41. The predicted octanol–water partition coefficient (Wildman–Crippen LogP) is 6.18. The predicted molar refractivity (Wildman–Crippen MR) is 76.9 cm³/mol. The summed E-state index contributed by atoms with van der Waals surface area (Å²) in [6.45, 7) is 0. The number of halogens is 6. The molecule has 1 N–H and O–H groups in total. The van der Waals surface area contributed by atoms with E-state index in [-0.39, 0.29) is 18.9 Å². The van der Waals surface area contributed by atoms with Gasteiger partial charge in [-0.05, 0) is 37.8 Å². The highest BCUT2D eigenvalue weighted by Crippen LogP contribution is 2.40. The lowest BCUT2D eigenvalue weighted by atomic mass is 9.85. The van der Waals surface area contributed by atoms with Gasteiger partial charge in [0.15, 0.2) is 0 Å². The molecule has 0 spiro atoms. The Hall–Kier alpha value is -0.320. The van der Waals surface area contributed by atoms with Crippen LogP contribution in [-0.4, -0.2) is 12.2 Å². The molecule has 112 valence electrons. The van der Waals surface area contributed by atoms with E-state index in [0.717, 1.165) is 0 Å². The van der Waals surface area contributed by atoms with Crippen molar-refractivity contribution in [1.82, 2.24) is 0 Å². The Bertz CT molecular complexity index is 459. The quantitative estimate of drug-likeness (QED) is 0.674. The van der Waals surface area contributed by atoms with Crippen molar-refractivity contribution in [3.63, 3.8) is 0 Å². The zero-order valence-corrected chi connectivity index (χ0v) is 12.7. The monoisotopic (exact) mass is 345 g/mol. The van der Waals surface area contributed by atoms with Crippen LogP contribution >= 0.6 is 34.8 Å². The van der Waals surface area contributed by atoms with Crippen molar-refractivity contribution in [3.05, 3.63) is 27.2 Å². The van der Waals surface area contributed by atoms with Crippen LogP contribution in [0.2, 0.25) is 15.1 Å². The lowest BCUT2D eigenvalue weighted by Crippen LogP contribution is -2.32. The second kappa shape index (κ2) is 6.20. The molecular weight excluding hydrogens is 334 g/mol. The van der Waals surface area contributed by atoms with Crippen molar-refractivity contribution >= 4 is 40.5 Å². The van der Waals surface area contributed by atoms with E-state index in [1.165, 1.54) is 0 Å². The van der Waals surface area contributed by atoms with Crippen LogP contribution in [0.3, 0.4) is 0 Å². The van der Waals surface area contributed by atoms with Gasteiger partial charge in [-0.2, -0.15) is 13.2 Å². The highest BCUT2D eigenvalue weighted by atomic mass is 35.5. The van der Waals surface area contributed by atoms with E-state index < -0.39 is 12.1 Å². The van der Waals surface area contributed by atoms with Gasteiger partial charge in [-0.1, -0.05) is 34.8 Å². The third-order valence-electron chi connectivity index (χ3n) is 3.55. The van der Waals surface area contributed by atoms with Crippen LogP contribution in [0, 0.1) is 5.92 Å². The molecule has 0 heterocycles. The van der Waals surface area contributed by atoms with E-state index in [1.807, 2.05) is 0 Å². The Morgan fingerprint density at radius 2 is 1.45 bits per heavy atom. The fourth-order valence-corrected chi connectivity index (χ4v) is 3.38. The Balaban J connectivity index is 2.00.